The molecule has 2 fully saturated rings. The summed E-state index contributed by atoms with van der Waals surface area (Å²) in [7, 11) is 0. The van der Waals surface area contributed by atoms with Crippen LogP contribution in [0.5, 0.6) is 0 Å². The van der Waals surface area contributed by atoms with Crippen LogP contribution in [0.25, 0.3) is 0 Å². The van der Waals surface area contributed by atoms with Crippen LogP contribution >= 0.6 is 0 Å². The van der Waals surface area contributed by atoms with Crippen LogP contribution in [0, 0.1) is 23.6 Å². The lowest BCUT2D eigenvalue weighted by Gasteiger charge is -2.31. The molecule has 0 spiro atoms. The van der Waals surface area contributed by atoms with Gasteiger partial charge in [-0.05, 0) is 61.6 Å². The van der Waals surface area contributed by atoms with E-state index in [0.717, 1.165) is 30.4 Å². The van der Waals surface area contributed by atoms with Crippen molar-refractivity contribution in [3.63, 3.8) is 0 Å². The fourth-order valence-electron chi connectivity index (χ4n) is 4.12. The molecule has 0 radical (unpaired) electrons. The number of halogens is 1. The van der Waals surface area contributed by atoms with Crippen molar-refractivity contribution < 1.29 is 4.39 Å². The molecule has 4 unspecified atom stereocenters. The molecule has 2 saturated carbocycles. The minimum Gasteiger partial charge on any atom is -0.310 e. The van der Waals surface area contributed by atoms with Gasteiger partial charge in [-0.1, -0.05) is 13.3 Å². The van der Waals surface area contributed by atoms with Gasteiger partial charge < -0.3 is 5.32 Å². The molecule has 0 saturated heterocycles. The fraction of sp³-hybridized carbons (Fsp3) is 0.688. The molecule has 1 aromatic heterocycles. The first-order valence-electron chi connectivity index (χ1n) is 7.61. The third-order valence-corrected chi connectivity index (χ3v) is 4.92. The lowest BCUT2D eigenvalue weighted by molar-refractivity contribution is 0.250. The van der Waals surface area contributed by atoms with Crippen molar-refractivity contribution in [3.8, 4) is 0 Å². The van der Waals surface area contributed by atoms with E-state index in [1.165, 1.54) is 31.9 Å². The van der Waals surface area contributed by atoms with Gasteiger partial charge in [0.15, 0.2) is 0 Å². The summed E-state index contributed by atoms with van der Waals surface area (Å²) >= 11 is 0. The summed E-state index contributed by atoms with van der Waals surface area (Å²) in [5.41, 5.74) is 1.03. The molecule has 1 heterocycles. The SMILES string of the molecule is CCCNC(c1cncc(F)c1)C1CC2CCC1C2. The van der Waals surface area contributed by atoms with Crippen molar-refractivity contribution in [2.75, 3.05) is 6.54 Å². The quantitative estimate of drug-likeness (QED) is 0.875. The maximum Gasteiger partial charge on any atom is 0.141 e. The lowest BCUT2D eigenvalue weighted by Crippen LogP contribution is -2.32. The Kier molecular flexibility index (Phi) is 3.83. The molecule has 19 heavy (non-hydrogen) atoms. The highest BCUT2D eigenvalue weighted by atomic mass is 19.1. The van der Waals surface area contributed by atoms with Crippen LogP contribution in [0.4, 0.5) is 4.39 Å². The maximum atomic E-state index is 13.4. The number of pyridine rings is 1. The number of nitrogens with zero attached hydrogens (tertiary/aromatic N) is 1. The average molecular weight is 262 g/mol. The molecule has 3 heteroatoms. The summed E-state index contributed by atoms with van der Waals surface area (Å²) < 4.78 is 13.4. The van der Waals surface area contributed by atoms with E-state index in [1.54, 1.807) is 6.07 Å². The van der Waals surface area contributed by atoms with Crippen LogP contribution in [0.2, 0.25) is 0 Å². The summed E-state index contributed by atoms with van der Waals surface area (Å²) in [6, 6.07) is 1.95. The molecule has 2 bridgehead atoms. The number of hydrogen-bond acceptors (Lipinski definition) is 2. The monoisotopic (exact) mass is 262 g/mol. The Hall–Kier alpha value is -0.960. The summed E-state index contributed by atoms with van der Waals surface area (Å²) in [5.74, 6) is 2.21. The number of rotatable bonds is 5. The molecule has 1 N–H and O–H groups in total. The summed E-state index contributed by atoms with van der Waals surface area (Å²) in [6.45, 7) is 3.17. The van der Waals surface area contributed by atoms with Crippen LogP contribution in [-0.2, 0) is 0 Å². The van der Waals surface area contributed by atoms with Gasteiger partial charge in [0, 0.05) is 12.2 Å². The number of nitrogens with one attached hydrogen (secondary N) is 1. The van der Waals surface area contributed by atoms with E-state index in [0.29, 0.717) is 12.0 Å². The zero-order chi connectivity index (χ0) is 13.2. The van der Waals surface area contributed by atoms with E-state index < -0.39 is 0 Å². The van der Waals surface area contributed by atoms with Crippen LogP contribution in [-0.4, -0.2) is 11.5 Å². The second-order valence-corrected chi connectivity index (χ2v) is 6.21. The van der Waals surface area contributed by atoms with E-state index in [4.69, 9.17) is 0 Å². The minimum atomic E-state index is -0.219. The van der Waals surface area contributed by atoms with Crippen molar-refractivity contribution in [3.05, 3.63) is 29.8 Å². The predicted octanol–water partition coefficient (Wildman–Crippen LogP) is 3.70. The van der Waals surface area contributed by atoms with Gasteiger partial charge in [0.2, 0.25) is 0 Å². The molecule has 104 valence electrons. The fourth-order valence-corrected chi connectivity index (χ4v) is 4.12. The summed E-state index contributed by atoms with van der Waals surface area (Å²) in [4.78, 5) is 4.03. The van der Waals surface area contributed by atoms with E-state index in [9.17, 15) is 4.39 Å². The van der Waals surface area contributed by atoms with Gasteiger partial charge in [-0.3, -0.25) is 4.98 Å². The first-order chi connectivity index (χ1) is 9.28. The predicted molar refractivity (Wildman–Crippen MR) is 74.2 cm³/mol. The van der Waals surface area contributed by atoms with Crippen LogP contribution < -0.4 is 5.32 Å². The van der Waals surface area contributed by atoms with Crippen molar-refractivity contribution in [1.82, 2.24) is 10.3 Å². The van der Waals surface area contributed by atoms with Gasteiger partial charge in [0.25, 0.3) is 0 Å². The highest BCUT2D eigenvalue weighted by molar-refractivity contribution is 5.18. The Morgan fingerprint density at radius 1 is 1.37 bits per heavy atom. The number of hydrogen-bond donors (Lipinski definition) is 1. The van der Waals surface area contributed by atoms with Crippen LogP contribution in [0.3, 0.4) is 0 Å². The molecular formula is C16H23FN2. The Morgan fingerprint density at radius 2 is 2.26 bits per heavy atom. The Morgan fingerprint density at radius 3 is 2.89 bits per heavy atom. The van der Waals surface area contributed by atoms with Crippen molar-refractivity contribution in [2.24, 2.45) is 17.8 Å². The molecule has 2 nitrogen and oxygen atoms in total. The maximum absolute atomic E-state index is 13.4. The summed E-state index contributed by atoms with van der Waals surface area (Å²) in [5, 5.41) is 3.63. The molecular weight excluding hydrogens is 239 g/mol. The second-order valence-electron chi connectivity index (χ2n) is 6.21. The molecule has 4 atom stereocenters. The Bertz CT molecular complexity index is 435. The van der Waals surface area contributed by atoms with Crippen LogP contribution in [0.15, 0.2) is 18.5 Å². The smallest absolute Gasteiger partial charge is 0.141 e. The molecule has 2 aliphatic carbocycles. The van der Waals surface area contributed by atoms with Gasteiger partial charge in [0.05, 0.1) is 6.20 Å². The van der Waals surface area contributed by atoms with Crippen molar-refractivity contribution >= 4 is 0 Å². The molecule has 0 aromatic carbocycles. The zero-order valence-corrected chi connectivity index (χ0v) is 11.6. The number of aromatic nitrogens is 1. The normalized spacial score (nSPS) is 30.7. The third kappa shape index (κ3) is 2.66. The number of fused-ring (bicyclic) bond motifs is 2. The Balaban J connectivity index is 1.81. The second kappa shape index (κ2) is 5.58. The van der Waals surface area contributed by atoms with Crippen molar-refractivity contribution in [2.45, 2.75) is 45.1 Å². The van der Waals surface area contributed by atoms with Crippen molar-refractivity contribution in [1.29, 1.82) is 0 Å². The average Bonchev–Trinajstić information content (AvgIpc) is 3.02. The van der Waals surface area contributed by atoms with E-state index in [2.05, 4.69) is 17.2 Å². The molecule has 3 rings (SSSR count). The van der Waals surface area contributed by atoms with Gasteiger partial charge in [-0.15, -0.1) is 0 Å². The standard InChI is InChI=1S/C16H23FN2/c1-2-5-19-16(13-8-14(17)10-18-9-13)15-7-11-3-4-12(15)6-11/h8-12,15-16,19H,2-7H2,1H3. The molecule has 0 aliphatic heterocycles. The summed E-state index contributed by atoms with van der Waals surface area (Å²) in [6.07, 6.45) is 9.70. The first kappa shape index (κ1) is 13.0. The van der Waals surface area contributed by atoms with Gasteiger partial charge >= 0.3 is 0 Å². The molecule has 1 aromatic rings. The largest absolute Gasteiger partial charge is 0.310 e. The van der Waals surface area contributed by atoms with Gasteiger partial charge in [-0.2, -0.15) is 0 Å². The Labute approximate surface area is 114 Å². The molecule has 0 amide bonds. The van der Waals surface area contributed by atoms with Gasteiger partial charge in [-0.25, -0.2) is 4.39 Å². The topological polar surface area (TPSA) is 24.9 Å². The van der Waals surface area contributed by atoms with E-state index >= 15 is 0 Å². The van der Waals surface area contributed by atoms with Gasteiger partial charge in [0.1, 0.15) is 5.82 Å². The highest BCUT2D eigenvalue weighted by Gasteiger charge is 2.43. The third-order valence-electron chi connectivity index (χ3n) is 4.92. The lowest BCUT2D eigenvalue weighted by atomic mass is 9.80. The highest BCUT2D eigenvalue weighted by Crippen LogP contribution is 2.52. The van der Waals surface area contributed by atoms with E-state index in [-0.39, 0.29) is 5.82 Å². The zero-order valence-electron chi connectivity index (χ0n) is 11.6. The van der Waals surface area contributed by atoms with E-state index in [1.807, 2.05) is 6.20 Å². The van der Waals surface area contributed by atoms with Crippen LogP contribution in [0.1, 0.15) is 50.6 Å². The minimum absolute atomic E-state index is 0.219. The molecule has 2 aliphatic rings. The first-order valence-corrected chi connectivity index (χ1v) is 7.61.